The van der Waals surface area contributed by atoms with Gasteiger partial charge in [-0.1, -0.05) is 27.2 Å². The molecule has 0 radical (unpaired) electrons. The van der Waals surface area contributed by atoms with Crippen molar-refractivity contribution in [2.45, 2.75) is 52.9 Å². The lowest BCUT2D eigenvalue weighted by Gasteiger charge is -2.46. The molecule has 1 aliphatic heterocycles. The highest BCUT2D eigenvalue weighted by Gasteiger charge is 2.37. The summed E-state index contributed by atoms with van der Waals surface area (Å²) in [5.74, 6) is 1.98. The lowest BCUT2D eigenvalue weighted by molar-refractivity contribution is -0.140. The van der Waals surface area contributed by atoms with Crippen LogP contribution in [0.2, 0.25) is 0 Å². The zero-order chi connectivity index (χ0) is 14.8. The van der Waals surface area contributed by atoms with E-state index in [1.807, 2.05) is 4.90 Å². The Bertz CT molecular complexity index is 324. The Balaban J connectivity index is 1.54. The summed E-state index contributed by atoms with van der Waals surface area (Å²) < 4.78 is 0. The van der Waals surface area contributed by atoms with E-state index < -0.39 is 0 Å². The van der Waals surface area contributed by atoms with Gasteiger partial charge in [0.15, 0.2) is 0 Å². The highest BCUT2D eigenvalue weighted by atomic mass is 16.2. The first kappa shape index (κ1) is 15.8. The van der Waals surface area contributed by atoms with Crippen molar-refractivity contribution in [3.8, 4) is 0 Å². The normalized spacial score (nSPS) is 20.9. The molecule has 0 aromatic heterocycles. The number of nitrogens with zero attached hydrogens (tertiary/aromatic N) is 2. The van der Waals surface area contributed by atoms with E-state index >= 15 is 0 Å². The van der Waals surface area contributed by atoms with Gasteiger partial charge in [-0.3, -0.25) is 4.79 Å². The molecule has 2 rings (SSSR count). The third-order valence-corrected chi connectivity index (χ3v) is 5.18. The van der Waals surface area contributed by atoms with Crippen LogP contribution in [0.15, 0.2) is 0 Å². The number of carbonyl (C=O) groups is 1. The first-order chi connectivity index (χ1) is 9.36. The lowest BCUT2D eigenvalue weighted by atomic mass is 9.76. The Kier molecular flexibility index (Phi) is 5.11. The number of hydrogen-bond donors (Lipinski definition) is 0. The fourth-order valence-electron chi connectivity index (χ4n) is 3.10. The fourth-order valence-corrected chi connectivity index (χ4v) is 3.10. The molecule has 2 fully saturated rings. The van der Waals surface area contributed by atoms with E-state index in [2.05, 4.69) is 32.7 Å². The number of carbonyl (C=O) groups excluding carboxylic acids is 1. The van der Waals surface area contributed by atoms with Crippen molar-refractivity contribution in [1.29, 1.82) is 0 Å². The van der Waals surface area contributed by atoms with Crippen LogP contribution in [0, 0.1) is 17.3 Å². The van der Waals surface area contributed by atoms with E-state index in [-0.39, 0.29) is 0 Å². The van der Waals surface area contributed by atoms with Crippen molar-refractivity contribution in [2.24, 2.45) is 17.3 Å². The van der Waals surface area contributed by atoms with Gasteiger partial charge in [0.25, 0.3) is 0 Å². The minimum Gasteiger partial charge on any atom is -0.342 e. The maximum Gasteiger partial charge on any atom is 0.222 e. The highest BCUT2D eigenvalue weighted by Crippen LogP contribution is 2.33. The van der Waals surface area contributed by atoms with Gasteiger partial charge in [0.1, 0.15) is 0 Å². The van der Waals surface area contributed by atoms with E-state index in [4.69, 9.17) is 0 Å². The van der Waals surface area contributed by atoms with Gasteiger partial charge in [0, 0.05) is 26.1 Å². The minimum atomic E-state index is 0.347. The molecule has 1 saturated carbocycles. The van der Waals surface area contributed by atoms with Gasteiger partial charge in [-0.2, -0.15) is 0 Å². The van der Waals surface area contributed by atoms with Gasteiger partial charge in [-0.05, 0) is 50.1 Å². The molecule has 0 atom stereocenters. The molecular weight excluding hydrogens is 248 g/mol. The predicted molar refractivity (Wildman–Crippen MR) is 83.6 cm³/mol. The summed E-state index contributed by atoms with van der Waals surface area (Å²) in [6, 6.07) is 0. The summed E-state index contributed by atoms with van der Waals surface area (Å²) in [5, 5.41) is 0. The number of rotatable bonds is 6. The molecule has 0 spiro atoms. The molecule has 1 aliphatic carbocycles. The van der Waals surface area contributed by atoms with Crippen molar-refractivity contribution >= 4 is 5.91 Å². The van der Waals surface area contributed by atoms with Crippen molar-refractivity contribution in [1.82, 2.24) is 9.80 Å². The lowest BCUT2D eigenvalue weighted by Crippen LogP contribution is -2.54. The first-order valence-electron chi connectivity index (χ1n) is 8.32. The van der Waals surface area contributed by atoms with E-state index in [1.165, 1.54) is 25.8 Å². The predicted octanol–water partition coefficient (Wildman–Crippen LogP) is 3.00. The Morgan fingerprint density at radius 1 is 1.25 bits per heavy atom. The third-order valence-electron chi connectivity index (χ3n) is 5.18. The molecule has 0 aromatic rings. The van der Waals surface area contributed by atoms with Crippen LogP contribution < -0.4 is 0 Å². The molecule has 3 heteroatoms. The highest BCUT2D eigenvalue weighted by molar-refractivity contribution is 5.77. The molecule has 1 heterocycles. The summed E-state index contributed by atoms with van der Waals surface area (Å²) in [6.07, 6.45) is 5.97. The van der Waals surface area contributed by atoms with E-state index in [9.17, 15) is 4.79 Å². The summed E-state index contributed by atoms with van der Waals surface area (Å²) in [7, 11) is 2.20. The first-order valence-corrected chi connectivity index (χ1v) is 8.32. The molecule has 2 aliphatic rings. The Labute approximate surface area is 124 Å². The number of amides is 1. The van der Waals surface area contributed by atoms with E-state index in [0.717, 1.165) is 38.4 Å². The van der Waals surface area contributed by atoms with Crippen molar-refractivity contribution in [3.05, 3.63) is 0 Å². The van der Waals surface area contributed by atoms with Crippen molar-refractivity contribution < 1.29 is 4.79 Å². The molecule has 1 saturated heterocycles. The molecule has 3 nitrogen and oxygen atoms in total. The largest absolute Gasteiger partial charge is 0.342 e. The van der Waals surface area contributed by atoms with Crippen LogP contribution in [-0.4, -0.2) is 48.9 Å². The van der Waals surface area contributed by atoms with Gasteiger partial charge < -0.3 is 9.80 Å². The maximum absolute atomic E-state index is 12.1. The van der Waals surface area contributed by atoms with Crippen molar-refractivity contribution in [3.63, 3.8) is 0 Å². The summed E-state index contributed by atoms with van der Waals surface area (Å²) in [6.45, 7) is 11.1. The number of likely N-dealkylation sites (tertiary alicyclic amines) is 1. The minimum absolute atomic E-state index is 0.347. The monoisotopic (exact) mass is 280 g/mol. The van der Waals surface area contributed by atoms with Gasteiger partial charge in [0.2, 0.25) is 5.91 Å². The molecule has 0 unspecified atom stereocenters. The maximum atomic E-state index is 12.1. The van der Waals surface area contributed by atoms with E-state index in [0.29, 0.717) is 17.2 Å². The Morgan fingerprint density at radius 2 is 1.90 bits per heavy atom. The Hall–Kier alpha value is -0.570. The molecule has 1 amide bonds. The fraction of sp³-hybridized carbons (Fsp3) is 0.941. The number of hydrogen-bond acceptors (Lipinski definition) is 2. The van der Waals surface area contributed by atoms with Crippen LogP contribution in [0.4, 0.5) is 0 Å². The molecule has 0 bridgehead atoms. The smallest absolute Gasteiger partial charge is 0.222 e. The van der Waals surface area contributed by atoms with Crippen LogP contribution in [0.3, 0.4) is 0 Å². The third kappa shape index (κ3) is 4.21. The zero-order valence-electron chi connectivity index (χ0n) is 13.8. The second-order valence-electron chi connectivity index (χ2n) is 8.02. The second-order valence-corrected chi connectivity index (χ2v) is 8.02. The molecule has 0 aromatic carbocycles. The molecular formula is C17H32N2O. The van der Waals surface area contributed by atoms with E-state index in [1.54, 1.807) is 0 Å². The van der Waals surface area contributed by atoms with Crippen LogP contribution >= 0.6 is 0 Å². The standard InChI is InChI=1S/C17H32N2O/c1-17(2,3)15-12-19(13-15)16(20)9-6-10-18(4)11-14-7-5-8-14/h14-15H,5-13H2,1-4H3. The van der Waals surface area contributed by atoms with Gasteiger partial charge in [0.05, 0.1) is 0 Å². The quantitative estimate of drug-likeness (QED) is 0.747. The van der Waals surface area contributed by atoms with Crippen LogP contribution in [-0.2, 0) is 4.79 Å². The van der Waals surface area contributed by atoms with Gasteiger partial charge >= 0.3 is 0 Å². The SMILES string of the molecule is CN(CCCC(=O)N1CC(C(C)(C)C)C1)CC1CCC1. The van der Waals surface area contributed by atoms with Crippen LogP contribution in [0.1, 0.15) is 52.9 Å². The Morgan fingerprint density at radius 3 is 2.40 bits per heavy atom. The second kappa shape index (κ2) is 6.46. The average molecular weight is 280 g/mol. The summed E-state index contributed by atoms with van der Waals surface area (Å²) in [4.78, 5) is 16.5. The topological polar surface area (TPSA) is 23.6 Å². The molecule has 0 N–H and O–H groups in total. The van der Waals surface area contributed by atoms with Crippen molar-refractivity contribution in [2.75, 3.05) is 33.2 Å². The zero-order valence-corrected chi connectivity index (χ0v) is 13.8. The van der Waals surface area contributed by atoms with Gasteiger partial charge in [-0.25, -0.2) is 0 Å². The summed E-state index contributed by atoms with van der Waals surface area (Å²) in [5.41, 5.74) is 0.347. The molecule has 20 heavy (non-hydrogen) atoms. The van der Waals surface area contributed by atoms with Gasteiger partial charge in [-0.15, -0.1) is 0 Å². The van der Waals surface area contributed by atoms with Crippen LogP contribution in [0.25, 0.3) is 0 Å². The summed E-state index contributed by atoms with van der Waals surface area (Å²) >= 11 is 0. The van der Waals surface area contributed by atoms with Crippen LogP contribution in [0.5, 0.6) is 0 Å². The average Bonchev–Trinajstić information content (AvgIpc) is 2.19. The molecule has 116 valence electrons.